The van der Waals surface area contributed by atoms with Crippen molar-refractivity contribution in [3.05, 3.63) is 29.8 Å². The van der Waals surface area contributed by atoms with Crippen LogP contribution in [0.1, 0.15) is 96.5 Å². The summed E-state index contributed by atoms with van der Waals surface area (Å²) in [6.07, 6.45) is 19.4. The molecule has 0 bridgehead atoms. The van der Waals surface area contributed by atoms with E-state index in [4.69, 9.17) is 0 Å². The zero-order valence-corrected chi connectivity index (χ0v) is 21.4. The SMILES string of the molecule is CCCCCCC[CH2][Sn+2][CH2]CCCCCCC.[O-]/C=N\N=C\c1ccccc1[O-]. The number of hydrogen-bond donors (Lipinski definition) is 0. The average molecular weight is 507 g/mol. The Balaban J connectivity index is 0.000000571. The van der Waals surface area contributed by atoms with Crippen LogP contribution in [0, 0.1) is 0 Å². The molecule has 1 aromatic rings. The van der Waals surface area contributed by atoms with Crippen LogP contribution < -0.4 is 10.2 Å². The van der Waals surface area contributed by atoms with Crippen LogP contribution in [0.3, 0.4) is 0 Å². The molecule has 0 saturated carbocycles. The smallest absolute Gasteiger partial charge is 0.0561 e. The van der Waals surface area contributed by atoms with E-state index >= 15 is 0 Å². The molecule has 0 fully saturated rings. The summed E-state index contributed by atoms with van der Waals surface area (Å²) < 4.78 is 3.31. The van der Waals surface area contributed by atoms with Crippen LogP contribution in [0.15, 0.2) is 34.5 Å². The molecule has 0 unspecified atom stereocenters. The van der Waals surface area contributed by atoms with Gasteiger partial charge < -0.3 is 10.2 Å². The van der Waals surface area contributed by atoms with Gasteiger partial charge in [0.1, 0.15) is 0 Å². The van der Waals surface area contributed by atoms with Crippen molar-refractivity contribution in [3.8, 4) is 5.75 Å². The van der Waals surface area contributed by atoms with Crippen molar-refractivity contribution >= 4 is 33.8 Å². The Morgan fingerprint density at radius 1 is 0.759 bits per heavy atom. The maximum absolute atomic E-state index is 11.0. The van der Waals surface area contributed by atoms with Gasteiger partial charge in [-0.25, -0.2) is 0 Å². The molecule has 4 nitrogen and oxygen atoms in total. The van der Waals surface area contributed by atoms with E-state index in [1.807, 2.05) is 0 Å². The van der Waals surface area contributed by atoms with Crippen LogP contribution in [-0.4, -0.2) is 33.8 Å². The van der Waals surface area contributed by atoms with Crippen molar-refractivity contribution in [2.45, 2.75) is 99.8 Å². The molecule has 0 spiro atoms. The van der Waals surface area contributed by atoms with Crippen molar-refractivity contribution < 1.29 is 10.2 Å². The van der Waals surface area contributed by atoms with Gasteiger partial charge in [0, 0.05) is 0 Å². The van der Waals surface area contributed by atoms with E-state index in [2.05, 4.69) is 24.1 Å². The van der Waals surface area contributed by atoms with Gasteiger partial charge in [0.2, 0.25) is 0 Å². The first-order chi connectivity index (χ1) is 14.3. The number of unbranched alkanes of at least 4 members (excludes halogenated alkanes) is 10. The molecular weight excluding hydrogens is 467 g/mol. The van der Waals surface area contributed by atoms with E-state index in [1.165, 1.54) is 76.5 Å². The number of benzene rings is 1. The van der Waals surface area contributed by atoms with Gasteiger partial charge in [-0.3, -0.25) is 0 Å². The van der Waals surface area contributed by atoms with Gasteiger partial charge >= 0.3 is 121 Å². The third kappa shape index (κ3) is 20.0. The van der Waals surface area contributed by atoms with Crippen LogP contribution in [0.2, 0.25) is 8.87 Å². The summed E-state index contributed by atoms with van der Waals surface area (Å²) in [5, 5.41) is 27.1. The summed E-state index contributed by atoms with van der Waals surface area (Å²) in [4.78, 5) is 0. The monoisotopic (exact) mass is 508 g/mol. The number of hydrogen-bond acceptors (Lipinski definition) is 4. The Kier molecular flexibility index (Phi) is 22.4. The van der Waals surface area contributed by atoms with Gasteiger partial charge in [0.25, 0.3) is 0 Å². The number of nitrogens with zero attached hydrogens (tertiary/aromatic N) is 2. The summed E-state index contributed by atoms with van der Waals surface area (Å²) in [5.74, 6) is -0.137. The third-order valence-electron chi connectivity index (χ3n) is 4.64. The summed E-state index contributed by atoms with van der Waals surface area (Å²) in [6.45, 7) is 4.60. The van der Waals surface area contributed by atoms with E-state index in [0.717, 1.165) is 0 Å². The predicted octanol–water partition coefficient (Wildman–Crippen LogP) is 5.73. The van der Waals surface area contributed by atoms with Crippen LogP contribution in [0.5, 0.6) is 5.75 Å². The first-order valence-corrected chi connectivity index (χ1v) is 15.4. The molecule has 5 heteroatoms. The van der Waals surface area contributed by atoms with E-state index in [0.29, 0.717) is 12.0 Å². The average Bonchev–Trinajstić information content (AvgIpc) is 2.73. The van der Waals surface area contributed by atoms with Gasteiger partial charge in [-0.1, -0.05) is 30.0 Å². The minimum atomic E-state index is -0.137. The summed E-state index contributed by atoms with van der Waals surface area (Å²) in [7, 11) is 0. The predicted molar refractivity (Wildman–Crippen MR) is 124 cm³/mol. The van der Waals surface area contributed by atoms with E-state index in [9.17, 15) is 10.2 Å². The molecule has 1 rings (SSSR count). The van der Waals surface area contributed by atoms with Gasteiger partial charge in [0.05, 0.1) is 6.21 Å². The first kappa shape index (κ1) is 28.0. The Labute approximate surface area is 189 Å². The van der Waals surface area contributed by atoms with E-state index in [1.54, 1.807) is 39.9 Å². The zero-order valence-electron chi connectivity index (χ0n) is 18.6. The molecule has 0 radical (unpaired) electrons. The maximum atomic E-state index is 11.0. The van der Waals surface area contributed by atoms with E-state index < -0.39 is 0 Å². The van der Waals surface area contributed by atoms with Crippen molar-refractivity contribution in [1.29, 1.82) is 0 Å². The molecule has 0 aliphatic heterocycles. The standard InChI is InChI=1S/C8H8N2O2.2C8H17.Sn/c11-6-10-9-5-7-3-1-2-4-8(7)12;2*1-3-5-7-8-6-4-2;/h1-6,12H,(H,10,11);2*1,3-8H2,2H3;/q;;;+2/p-2/b9-5+;;;. The van der Waals surface area contributed by atoms with Crippen molar-refractivity contribution in [2.24, 2.45) is 10.2 Å². The molecule has 0 aromatic heterocycles. The second-order valence-corrected chi connectivity index (χ2v) is 11.6. The fraction of sp³-hybridized carbons (Fsp3) is 0.667. The van der Waals surface area contributed by atoms with Crippen LogP contribution >= 0.6 is 0 Å². The molecule has 0 heterocycles. The normalized spacial score (nSPS) is 10.8. The molecule has 1 aromatic carbocycles. The van der Waals surface area contributed by atoms with Crippen LogP contribution in [-0.2, 0) is 0 Å². The summed E-state index contributed by atoms with van der Waals surface area (Å²) in [5.41, 5.74) is 0.420. The second kappa shape index (κ2) is 23.2. The van der Waals surface area contributed by atoms with Crippen molar-refractivity contribution in [3.63, 3.8) is 0 Å². The zero-order chi connectivity index (χ0) is 21.4. The van der Waals surface area contributed by atoms with Gasteiger partial charge in [0.15, 0.2) is 0 Å². The molecule has 29 heavy (non-hydrogen) atoms. The largest absolute Gasteiger partial charge is 0.872 e. The Hall–Kier alpha value is -1.04. The third-order valence-corrected chi connectivity index (χ3v) is 8.68. The van der Waals surface area contributed by atoms with Crippen LogP contribution in [0.4, 0.5) is 0 Å². The van der Waals surface area contributed by atoms with Crippen LogP contribution in [0.25, 0.3) is 0 Å². The van der Waals surface area contributed by atoms with E-state index in [-0.39, 0.29) is 26.9 Å². The molecule has 0 amide bonds. The number of rotatable bonds is 16. The minimum Gasteiger partial charge on any atom is -0.872 e. The molecule has 0 saturated heterocycles. The van der Waals surface area contributed by atoms with Crippen molar-refractivity contribution in [2.75, 3.05) is 0 Å². The molecule has 0 atom stereocenters. The maximum Gasteiger partial charge on any atom is 0.0561 e. The summed E-state index contributed by atoms with van der Waals surface area (Å²) >= 11 is 0.0736. The Bertz CT molecular complexity index is 507. The molecule has 0 aliphatic rings. The second-order valence-electron chi connectivity index (χ2n) is 7.29. The summed E-state index contributed by atoms with van der Waals surface area (Å²) in [6, 6.07) is 6.37. The fourth-order valence-electron chi connectivity index (χ4n) is 2.90. The molecule has 162 valence electrons. The minimum absolute atomic E-state index is 0.0736. The number of para-hydroxylation sites is 1. The van der Waals surface area contributed by atoms with Gasteiger partial charge in [-0.2, -0.15) is 10.2 Å². The quantitative estimate of drug-likeness (QED) is 0.0943. The fourth-order valence-corrected chi connectivity index (χ4v) is 6.46. The van der Waals surface area contributed by atoms with Crippen molar-refractivity contribution in [1.82, 2.24) is 0 Å². The topological polar surface area (TPSA) is 70.8 Å². The van der Waals surface area contributed by atoms with Gasteiger partial charge in [-0.15, -0.1) is 0 Å². The Morgan fingerprint density at radius 3 is 1.79 bits per heavy atom. The Morgan fingerprint density at radius 2 is 1.28 bits per heavy atom. The molecular formula is C24H40N2O2Sn. The first-order valence-electron chi connectivity index (χ1n) is 11.4. The molecule has 0 aliphatic carbocycles. The molecule has 0 N–H and O–H groups in total. The van der Waals surface area contributed by atoms with Gasteiger partial charge in [-0.05, 0) is 12.0 Å².